The normalized spacial score (nSPS) is 21.4. The number of ether oxygens (including phenoxy) is 3. The van der Waals surface area contributed by atoms with Crippen LogP contribution in [0, 0.1) is 23.2 Å². The van der Waals surface area contributed by atoms with Gasteiger partial charge in [-0.2, -0.15) is 10.2 Å². The van der Waals surface area contributed by atoms with Crippen LogP contribution in [0.5, 0.6) is 11.5 Å². The van der Waals surface area contributed by atoms with E-state index in [1.54, 1.807) is 30.0 Å². The molecule has 0 spiro atoms. The second-order valence-electron chi connectivity index (χ2n) is 8.37. The topological polar surface area (TPSA) is 147 Å². The molecule has 1 fully saturated rings. The van der Waals surface area contributed by atoms with Gasteiger partial charge in [-0.05, 0) is 38.0 Å². The quantitative estimate of drug-likeness (QED) is 0.589. The van der Waals surface area contributed by atoms with Crippen LogP contribution in [0.15, 0.2) is 23.0 Å². The van der Waals surface area contributed by atoms with E-state index in [2.05, 4.69) is 15.3 Å². The number of nitrogens with zero attached hydrogens (tertiary/aromatic N) is 3. The number of piperidine rings is 1. The average molecular weight is 482 g/mol. The molecule has 2 aliphatic rings. The lowest BCUT2D eigenvalue weighted by atomic mass is 9.78. The number of fused-ring (bicyclic) bond motifs is 1. The number of benzene rings is 1. The molecule has 1 amide bonds. The Hall–Kier alpha value is -4.07. The molecular formula is C24H27N5O6. The van der Waals surface area contributed by atoms with Gasteiger partial charge in [-0.1, -0.05) is 0 Å². The summed E-state index contributed by atoms with van der Waals surface area (Å²) in [6, 6.07) is 7.02. The summed E-state index contributed by atoms with van der Waals surface area (Å²) in [5, 5.41) is 12.4. The maximum absolute atomic E-state index is 13.4. The van der Waals surface area contributed by atoms with Crippen LogP contribution >= 0.6 is 0 Å². The summed E-state index contributed by atoms with van der Waals surface area (Å²) < 4.78 is 15.9. The molecule has 2 N–H and O–H groups in total. The van der Waals surface area contributed by atoms with Crippen molar-refractivity contribution in [1.29, 1.82) is 5.26 Å². The highest BCUT2D eigenvalue weighted by Crippen LogP contribution is 2.43. The zero-order valence-corrected chi connectivity index (χ0v) is 19.8. The Bertz CT molecular complexity index is 1240. The van der Waals surface area contributed by atoms with E-state index in [-0.39, 0.29) is 29.2 Å². The van der Waals surface area contributed by atoms with Gasteiger partial charge in [0.15, 0.2) is 0 Å². The van der Waals surface area contributed by atoms with Crippen LogP contribution in [0.1, 0.15) is 36.8 Å². The van der Waals surface area contributed by atoms with Crippen molar-refractivity contribution in [3.8, 4) is 17.6 Å². The first kappa shape index (κ1) is 24.1. The third kappa shape index (κ3) is 4.51. The zero-order chi connectivity index (χ0) is 25.1. The monoisotopic (exact) mass is 481 g/mol. The molecule has 0 bridgehead atoms. The lowest BCUT2D eigenvalue weighted by molar-refractivity contribution is -0.148. The van der Waals surface area contributed by atoms with Gasteiger partial charge < -0.3 is 24.4 Å². The minimum absolute atomic E-state index is 0.0772. The second-order valence-corrected chi connectivity index (χ2v) is 8.37. The first-order valence-electron chi connectivity index (χ1n) is 11.4. The smallest absolute Gasteiger partial charge is 0.310 e. The largest absolute Gasteiger partial charge is 0.497 e. The number of carbonyl (C=O) groups is 2. The van der Waals surface area contributed by atoms with Gasteiger partial charge >= 0.3 is 5.97 Å². The lowest BCUT2D eigenvalue weighted by Gasteiger charge is -2.33. The van der Waals surface area contributed by atoms with Crippen molar-refractivity contribution < 1.29 is 23.8 Å². The highest BCUT2D eigenvalue weighted by Gasteiger charge is 2.42. The summed E-state index contributed by atoms with van der Waals surface area (Å²) in [6.45, 7) is 2.97. The van der Waals surface area contributed by atoms with Crippen LogP contribution in [-0.2, 0) is 14.3 Å². The predicted molar refractivity (Wildman–Crippen MR) is 126 cm³/mol. The van der Waals surface area contributed by atoms with Gasteiger partial charge in [0.1, 0.15) is 23.2 Å². The number of aromatic nitrogens is 2. The van der Waals surface area contributed by atoms with Gasteiger partial charge in [0.25, 0.3) is 5.56 Å². The van der Waals surface area contributed by atoms with E-state index in [9.17, 15) is 19.6 Å². The van der Waals surface area contributed by atoms with Crippen molar-refractivity contribution >= 4 is 23.6 Å². The predicted octanol–water partition coefficient (Wildman–Crippen LogP) is 1.79. The number of H-pyrrole nitrogens is 1. The highest BCUT2D eigenvalue weighted by atomic mass is 16.5. The molecule has 1 aromatic heterocycles. The number of aromatic amines is 1. The summed E-state index contributed by atoms with van der Waals surface area (Å²) in [4.78, 5) is 47.7. The number of nitriles is 1. The number of esters is 1. The van der Waals surface area contributed by atoms with Crippen LogP contribution < -0.4 is 25.2 Å². The van der Waals surface area contributed by atoms with Crippen molar-refractivity contribution in [3.63, 3.8) is 0 Å². The molecule has 0 radical (unpaired) electrons. The fraction of sp³-hybridized carbons (Fsp3) is 0.458. The molecule has 184 valence electrons. The van der Waals surface area contributed by atoms with Crippen molar-refractivity contribution in [2.45, 2.75) is 25.7 Å². The van der Waals surface area contributed by atoms with Crippen molar-refractivity contribution in [2.75, 3.05) is 44.1 Å². The lowest BCUT2D eigenvalue weighted by Crippen LogP contribution is -2.43. The molecule has 0 saturated carbocycles. The van der Waals surface area contributed by atoms with E-state index in [0.29, 0.717) is 43.2 Å². The zero-order valence-electron chi connectivity index (χ0n) is 19.8. The van der Waals surface area contributed by atoms with Crippen molar-refractivity contribution in [2.24, 2.45) is 11.8 Å². The SMILES string of the molecule is CCOC(=O)C1CCCN(c2nc3c(c(=O)[nH]2)C(c2cc(OC)ccc2OC)C(C#N)C(=O)N3)C1. The molecule has 3 heterocycles. The molecule has 1 saturated heterocycles. The van der Waals surface area contributed by atoms with Gasteiger partial charge in [0, 0.05) is 24.6 Å². The number of anilines is 2. The van der Waals surface area contributed by atoms with Crippen LogP contribution in [-0.4, -0.2) is 55.8 Å². The first-order valence-corrected chi connectivity index (χ1v) is 11.4. The molecule has 2 aliphatic heterocycles. The number of amides is 1. The van der Waals surface area contributed by atoms with Crippen LogP contribution in [0.2, 0.25) is 0 Å². The summed E-state index contributed by atoms with van der Waals surface area (Å²) in [6.07, 6.45) is 1.40. The van der Waals surface area contributed by atoms with E-state index in [4.69, 9.17) is 14.2 Å². The summed E-state index contributed by atoms with van der Waals surface area (Å²) in [7, 11) is 2.97. The number of rotatable bonds is 6. The van der Waals surface area contributed by atoms with Gasteiger partial charge in [0.05, 0.1) is 38.4 Å². The van der Waals surface area contributed by atoms with E-state index in [0.717, 1.165) is 6.42 Å². The summed E-state index contributed by atoms with van der Waals surface area (Å²) >= 11 is 0. The number of methoxy groups -OCH3 is 2. The van der Waals surface area contributed by atoms with E-state index < -0.39 is 23.3 Å². The van der Waals surface area contributed by atoms with E-state index >= 15 is 0 Å². The standard InChI is InChI=1S/C24H27N5O6/c1-4-35-23(32)13-6-5-9-29(12-13)24-27-20-19(22(31)28-24)18(16(11-25)21(30)26-20)15-10-14(33-2)7-8-17(15)34-3/h7-8,10,13,16,18H,4-6,9,12H2,1-3H3,(H2,26,27,28,30,31). The molecular weight excluding hydrogens is 454 g/mol. The van der Waals surface area contributed by atoms with Gasteiger partial charge in [-0.3, -0.25) is 19.4 Å². The van der Waals surface area contributed by atoms with Crippen molar-refractivity contribution in [3.05, 3.63) is 39.7 Å². The summed E-state index contributed by atoms with van der Waals surface area (Å²) in [5.41, 5.74) is 0.138. The molecule has 11 nitrogen and oxygen atoms in total. The minimum atomic E-state index is -1.18. The third-order valence-electron chi connectivity index (χ3n) is 6.36. The minimum Gasteiger partial charge on any atom is -0.497 e. The number of hydrogen-bond acceptors (Lipinski definition) is 9. The maximum atomic E-state index is 13.4. The summed E-state index contributed by atoms with van der Waals surface area (Å²) in [5.74, 6) is -2.07. The Morgan fingerprint density at radius 3 is 2.77 bits per heavy atom. The molecule has 0 aliphatic carbocycles. The molecule has 4 rings (SSSR count). The molecule has 1 aromatic carbocycles. The number of nitrogens with one attached hydrogen (secondary N) is 2. The Kier molecular flexibility index (Phi) is 6.91. The number of hydrogen-bond donors (Lipinski definition) is 2. The molecule has 35 heavy (non-hydrogen) atoms. The second kappa shape index (κ2) is 10.0. The van der Waals surface area contributed by atoms with Gasteiger partial charge in [-0.15, -0.1) is 0 Å². The van der Waals surface area contributed by atoms with Crippen LogP contribution in [0.25, 0.3) is 0 Å². The third-order valence-corrected chi connectivity index (χ3v) is 6.36. The van der Waals surface area contributed by atoms with E-state index in [1.807, 2.05) is 6.07 Å². The highest BCUT2D eigenvalue weighted by molar-refractivity contribution is 5.98. The fourth-order valence-electron chi connectivity index (χ4n) is 4.69. The Labute approximate surface area is 202 Å². The molecule has 11 heteroatoms. The van der Waals surface area contributed by atoms with Gasteiger partial charge in [0.2, 0.25) is 11.9 Å². The molecule has 3 atom stereocenters. The Morgan fingerprint density at radius 2 is 2.09 bits per heavy atom. The first-order chi connectivity index (χ1) is 16.9. The van der Waals surface area contributed by atoms with E-state index in [1.165, 1.54) is 14.2 Å². The number of carbonyl (C=O) groups excluding carboxylic acids is 2. The maximum Gasteiger partial charge on any atom is 0.310 e. The fourth-order valence-corrected chi connectivity index (χ4v) is 4.69. The van der Waals surface area contributed by atoms with Crippen LogP contribution in [0.3, 0.4) is 0 Å². The Balaban J connectivity index is 1.78. The molecule has 2 aromatic rings. The van der Waals surface area contributed by atoms with Gasteiger partial charge in [-0.25, -0.2) is 0 Å². The average Bonchev–Trinajstić information content (AvgIpc) is 2.87. The Morgan fingerprint density at radius 1 is 1.29 bits per heavy atom. The van der Waals surface area contributed by atoms with Crippen molar-refractivity contribution in [1.82, 2.24) is 9.97 Å². The molecule has 3 unspecified atom stereocenters. The van der Waals surface area contributed by atoms with Crippen LogP contribution in [0.4, 0.5) is 11.8 Å².